The standard InChI is InChI=1S/C34H40N4O6S2/c39-35-33-25-11-9-23(45(41,42)37-15-29-19-1-2-20(4-3-19)30(29)16-37)13-27(25)34(36-40)28-14-24(10-12-26(28)33)46(43,44)38-17-31-21-5-6-22(8-7-21)32(31)18-38/h9-14,19-22,29-32,35,39H,1-8,15-18H2. The minimum Gasteiger partial charge on any atom is -0.291 e. The van der Waals surface area contributed by atoms with Crippen molar-refractivity contribution < 1.29 is 22.0 Å². The Bertz CT molecular complexity index is 1810. The SMILES string of the molecule is O=Nc1c2cc(S(=O)(=O)N3CC4C5CCC(CC5)C4C3)ccc2c(NO)c2ccc(S(=O)(=O)N3CC4C5CCC(CC5)C4C3)cc12. The predicted molar refractivity (Wildman–Crippen MR) is 175 cm³/mol. The van der Waals surface area contributed by atoms with Crippen molar-refractivity contribution in [3.8, 4) is 0 Å². The van der Waals surface area contributed by atoms with Gasteiger partial charge in [-0.1, -0.05) is 12.1 Å². The molecule has 6 aliphatic carbocycles. The summed E-state index contributed by atoms with van der Waals surface area (Å²) in [5.74, 6) is 3.97. The van der Waals surface area contributed by atoms with Crippen molar-refractivity contribution in [1.29, 1.82) is 0 Å². The second-order valence-corrected chi connectivity index (χ2v) is 18.9. The van der Waals surface area contributed by atoms with Gasteiger partial charge in [0.15, 0.2) is 0 Å². The van der Waals surface area contributed by atoms with Crippen LogP contribution in [-0.2, 0) is 20.0 Å². The van der Waals surface area contributed by atoms with Crippen LogP contribution in [0.15, 0.2) is 51.4 Å². The first kappa shape index (κ1) is 29.5. The molecule has 0 spiro atoms. The highest BCUT2D eigenvalue weighted by Gasteiger charge is 2.52. The molecule has 10 nitrogen and oxygen atoms in total. The molecule has 6 saturated carbocycles. The predicted octanol–water partition coefficient (Wildman–Crippen LogP) is 6.31. The molecule has 11 rings (SSSR count). The van der Waals surface area contributed by atoms with Gasteiger partial charge in [-0.25, -0.2) is 16.8 Å². The Balaban J connectivity index is 1.11. The molecular formula is C34H40N4O6S2. The molecule has 0 radical (unpaired) electrons. The molecule has 4 unspecified atom stereocenters. The zero-order valence-corrected chi connectivity index (χ0v) is 27.3. The largest absolute Gasteiger partial charge is 0.291 e. The molecule has 3 aromatic rings. The molecule has 4 bridgehead atoms. The van der Waals surface area contributed by atoms with E-state index in [2.05, 4.69) is 10.7 Å². The number of hydrogen-bond acceptors (Lipinski definition) is 8. The quantitative estimate of drug-likeness (QED) is 0.179. The lowest BCUT2D eigenvalue weighted by molar-refractivity contribution is 0.0577. The van der Waals surface area contributed by atoms with Gasteiger partial charge in [-0.15, -0.1) is 4.91 Å². The summed E-state index contributed by atoms with van der Waals surface area (Å²) in [4.78, 5) is 12.6. The van der Waals surface area contributed by atoms with Crippen LogP contribution >= 0.6 is 0 Å². The third kappa shape index (κ3) is 4.15. The van der Waals surface area contributed by atoms with E-state index in [4.69, 9.17) is 0 Å². The highest BCUT2D eigenvalue weighted by molar-refractivity contribution is 7.89. The minimum atomic E-state index is -3.86. The van der Waals surface area contributed by atoms with Gasteiger partial charge in [0.05, 0.1) is 15.5 Å². The van der Waals surface area contributed by atoms with E-state index >= 15 is 0 Å². The number of fused-ring (bicyclic) bond motifs is 6. The molecule has 2 heterocycles. The van der Waals surface area contributed by atoms with Gasteiger partial charge >= 0.3 is 0 Å². The molecule has 2 saturated heterocycles. The molecule has 3 aromatic carbocycles. The van der Waals surface area contributed by atoms with Crippen LogP contribution in [0.25, 0.3) is 21.5 Å². The summed E-state index contributed by atoms with van der Waals surface area (Å²) in [6, 6.07) is 9.14. The van der Waals surface area contributed by atoms with Crippen molar-refractivity contribution in [2.45, 2.75) is 61.2 Å². The lowest BCUT2D eigenvalue weighted by Gasteiger charge is -2.45. The molecule has 0 amide bonds. The van der Waals surface area contributed by atoms with Crippen LogP contribution in [0.3, 0.4) is 0 Å². The number of sulfonamides is 2. The Hall–Kier alpha value is -2.64. The minimum absolute atomic E-state index is 0.0422. The maximum Gasteiger partial charge on any atom is 0.243 e. The lowest BCUT2D eigenvalue weighted by atomic mass is 9.60. The first-order chi connectivity index (χ1) is 22.2. The van der Waals surface area contributed by atoms with Crippen LogP contribution in [0.4, 0.5) is 11.4 Å². The summed E-state index contributed by atoms with van der Waals surface area (Å²) in [5.41, 5.74) is 2.45. The molecule has 8 aliphatic rings. The van der Waals surface area contributed by atoms with Gasteiger partial charge in [0.25, 0.3) is 0 Å². The summed E-state index contributed by atoms with van der Waals surface area (Å²) in [6.07, 6.45) is 9.49. The molecule has 12 heteroatoms. The van der Waals surface area contributed by atoms with Crippen molar-refractivity contribution >= 4 is 53.0 Å². The lowest BCUT2D eigenvalue weighted by Crippen LogP contribution is -2.38. The van der Waals surface area contributed by atoms with Gasteiger partial charge < -0.3 is 0 Å². The van der Waals surface area contributed by atoms with Gasteiger partial charge in [-0.2, -0.15) is 8.61 Å². The summed E-state index contributed by atoms with van der Waals surface area (Å²) < 4.78 is 59.4. The highest BCUT2D eigenvalue weighted by Crippen LogP contribution is 2.54. The van der Waals surface area contributed by atoms with Crippen LogP contribution in [0.2, 0.25) is 0 Å². The van der Waals surface area contributed by atoms with Crippen LogP contribution in [0.5, 0.6) is 0 Å². The normalized spacial score (nSPS) is 34.3. The maximum absolute atomic E-state index is 14.0. The second kappa shape index (κ2) is 10.4. The fourth-order valence-corrected chi connectivity index (χ4v) is 14.1. The molecule has 46 heavy (non-hydrogen) atoms. The second-order valence-electron chi connectivity index (χ2n) is 15.0. The molecule has 8 fully saturated rings. The van der Waals surface area contributed by atoms with Crippen molar-refractivity contribution in [2.24, 2.45) is 52.5 Å². The maximum atomic E-state index is 14.0. The Morgan fingerprint density at radius 3 is 1.24 bits per heavy atom. The fourth-order valence-electron chi connectivity index (χ4n) is 11.0. The molecular weight excluding hydrogens is 625 g/mol. The van der Waals surface area contributed by atoms with Crippen molar-refractivity contribution in [3.63, 3.8) is 0 Å². The number of nitroso groups, excluding NO2 is 1. The average Bonchev–Trinajstić information content (AvgIpc) is 3.77. The zero-order chi connectivity index (χ0) is 31.5. The van der Waals surface area contributed by atoms with Gasteiger partial charge in [0.1, 0.15) is 5.69 Å². The highest BCUT2D eigenvalue weighted by atomic mass is 32.2. The Kier molecular flexibility index (Phi) is 6.69. The Labute approximate surface area is 269 Å². The van der Waals surface area contributed by atoms with E-state index in [1.54, 1.807) is 20.7 Å². The van der Waals surface area contributed by atoms with E-state index in [1.165, 1.54) is 75.6 Å². The molecule has 2 aliphatic heterocycles. The monoisotopic (exact) mass is 664 g/mol. The first-order valence-corrected chi connectivity index (χ1v) is 19.8. The van der Waals surface area contributed by atoms with E-state index in [0.717, 1.165) is 0 Å². The van der Waals surface area contributed by atoms with Gasteiger partial charge in [0.2, 0.25) is 20.0 Å². The number of hydrogen-bond donors (Lipinski definition) is 2. The number of nitrogens with one attached hydrogen (secondary N) is 1. The van der Waals surface area contributed by atoms with Crippen molar-refractivity contribution in [2.75, 3.05) is 31.7 Å². The first-order valence-electron chi connectivity index (χ1n) is 17.0. The van der Waals surface area contributed by atoms with Crippen LogP contribution in [0.1, 0.15) is 51.4 Å². The molecule has 244 valence electrons. The third-order valence-electron chi connectivity index (χ3n) is 13.3. The van der Waals surface area contributed by atoms with Crippen molar-refractivity contribution in [1.82, 2.24) is 8.61 Å². The summed E-state index contributed by atoms with van der Waals surface area (Å²) in [7, 11) is -7.72. The Morgan fingerprint density at radius 2 is 0.935 bits per heavy atom. The van der Waals surface area contributed by atoms with E-state index < -0.39 is 20.0 Å². The summed E-state index contributed by atoms with van der Waals surface area (Å²) >= 11 is 0. The third-order valence-corrected chi connectivity index (χ3v) is 17.0. The van der Waals surface area contributed by atoms with Gasteiger partial charge in [0, 0.05) is 47.7 Å². The topological polar surface area (TPSA) is 136 Å². The number of rotatable bonds is 6. The van der Waals surface area contributed by atoms with Crippen LogP contribution in [-0.4, -0.2) is 56.8 Å². The smallest absolute Gasteiger partial charge is 0.243 e. The summed E-state index contributed by atoms with van der Waals surface area (Å²) in [6.45, 7) is 2.08. The van der Waals surface area contributed by atoms with Gasteiger partial charge in [-0.05, 0) is 128 Å². The molecule has 4 atom stereocenters. The van der Waals surface area contributed by atoms with E-state index in [9.17, 15) is 26.9 Å². The van der Waals surface area contributed by atoms with Crippen LogP contribution in [0, 0.1) is 52.3 Å². The van der Waals surface area contributed by atoms with Crippen LogP contribution < -0.4 is 5.48 Å². The fraction of sp³-hybridized carbons (Fsp3) is 0.588. The number of benzene rings is 3. The van der Waals surface area contributed by atoms with Gasteiger partial charge in [-0.3, -0.25) is 10.7 Å². The van der Waals surface area contributed by atoms with E-state index in [-0.39, 0.29) is 31.9 Å². The molecule has 2 N–H and O–H groups in total. The zero-order valence-electron chi connectivity index (χ0n) is 25.7. The number of nitrogens with zero attached hydrogens (tertiary/aromatic N) is 3. The molecule has 0 aromatic heterocycles. The Morgan fingerprint density at radius 1 is 0.587 bits per heavy atom. The average molecular weight is 665 g/mol. The summed E-state index contributed by atoms with van der Waals surface area (Å²) in [5, 5.41) is 14.9. The van der Waals surface area contributed by atoms with E-state index in [0.29, 0.717) is 84.3 Å². The van der Waals surface area contributed by atoms with E-state index in [1.807, 2.05) is 0 Å². The van der Waals surface area contributed by atoms with Crippen molar-refractivity contribution in [3.05, 3.63) is 41.3 Å². The number of anilines is 1.